The molecule has 44 heavy (non-hydrogen) atoms. The molecule has 0 amide bonds. The first kappa shape index (κ1) is 26.1. The molecule has 0 radical (unpaired) electrons. The maximum atomic E-state index is 5.00. The van der Waals surface area contributed by atoms with Gasteiger partial charge in [0, 0.05) is 62.4 Å². The highest BCUT2D eigenvalue weighted by molar-refractivity contribution is 9.10. The van der Waals surface area contributed by atoms with Gasteiger partial charge in [0.25, 0.3) is 0 Å². The molecule has 8 rings (SSSR count). The molecule has 0 aliphatic rings. The van der Waals surface area contributed by atoms with E-state index in [1.165, 1.54) is 10.8 Å². The van der Waals surface area contributed by atoms with Gasteiger partial charge in [-0.3, -0.25) is 9.97 Å². The van der Waals surface area contributed by atoms with Gasteiger partial charge in [-0.25, -0.2) is 15.0 Å². The van der Waals surface area contributed by atoms with E-state index in [1.807, 2.05) is 42.6 Å². The Morgan fingerprint density at radius 2 is 1.00 bits per heavy atom. The van der Waals surface area contributed by atoms with E-state index in [1.54, 1.807) is 18.6 Å². The smallest absolute Gasteiger partial charge is 0.165 e. The third kappa shape index (κ3) is 4.73. The van der Waals surface area contributed by atoms with Crippen molar-refractivity contribution in [3.8, 4) is 51.0 Å². The molecule has 0 unspecified atom stereocenters. The average Bonchev–Trinajstić information content (AvgIpc) is 3.43. The quantitative estimate of drug-likeness (QED) is 0.190. The zero-order chi connectivity index (χ0) is 29.5. The van der Waals surface area contributed by atoms with Crippen LogP contribution in [0.25, 0.3) is 72.8 Å². The maximum absolute atomic E-state index is 5.00. The number of rotatable bonds is 5. The number of benzene rings is 4. The number of aromatic nitrogens is 6. The largest absolute Gasteiger partial charge is 0.309 e. The minimum absolute atomic E-state index is 0.563. The molecule has 208 valence electrons. The molecule has 0 atom stereocenters. The van der Waals surface area contributed by atoms with Crippen LogP contribution in [-0.2, 0) is 0 Å². The highest BCUT2D eigenvalue weighted by Crippen LogP contribution is 2.35. The summed E-state index contributed by atoms with van der Waals surface area (Å²) in [6.07, 6.45) is 7.16. The van der Waals surface area contributed by atoms with Gasteiger partial charge >= 0.3 is 0 Å². The van der Waals surface area contributed by atoms with Crippen LogP contribution >= 0.6 is 15.9 Å². The first-order valence-electron chi connectivity index (χ1n) is 14.2. The Morgan fingerprint density at radius 3 is 1.61 bits per heavy atom. The lowest BCUT2D eigenvalue weighted by molar-refractivity contribution is 1.07. The van der Waals surface area contributed by atoms with Gasteiger partial charge in [0.05, 0.1) is 11.0 Å². The van der Waals surface area contributed by atoms with Gasteiger partial charge in [0.15, 0.2) is 17.5 Å². The number of nitrogens with zero attached hydrogens (tertiary/aromatic N) is 6. The second-order valence-electron chi connectivity index (χ2n) is 10.4. The van der Waals surface area contributed by atoms with Crippen LogP contribution in [0.1, 0.15) is 0 Å². The van der Waals surface area contributed by atoms with Crippen molar-refractivity contribution in [2.45, 2.75) is 0 Å². The van der Waals surface area contributed by atoms with Crippen molar-refractivity contribution in [1.82, 2.24) is 29.5 Å². The lowest BCUT2D eigenvalue weighted by atomic mass is 10.1. The highest BCUT2D eigenvalue weighted by Gasteiger charge is 2.16. The maximum Gasteiger partial charge on any atom is 0.165 e. The zero-order valence-corrected chi connectivity index (χ0v) is 24.9. The summed E-state index contributed by atoms with van der Waals surface area (Å²) < 4.78 is 3.22. The van der Waals surface area contributed by atoms with Crippen LogP contribution in [0.15, 0.2) is 145 Å². The summed E-state index contributed by atoms with van der Waals surface area (Å²) >= 11 is 3.78. The molecule has 4 aromatic carbocycles. The average molecular weight is 632 g/mol. The summed E-state index contributed by atoms with van der Waals surface area (Å²) in [7, 11) is 0. The van der Waals surface area contributed by atoms with Crippen molar-refractivity contribution in [3.05, 3.63) is 145 Å². The van der Waals surface area contributed by atoms with E-state index in [-0.39, 0.29) is 0 Å². The Labute approximate surface area is 261 Å². The Bertz CT molecular complexity index is 2230. The van der Waals surface area contributed by atoms with E-state index in [9.17, 15) is 0 Å². The van der Waals surface area contributed by atoms with Crippen molar-refractivity contribution in [2.24, 2.45) is 0 Å². The van der Waals surface area contributed by atoms with Crippen molar-refractivity contribution >= 4 is 37.7 Å². The lowest BCUT2D eigenvalue weighted by Crippen LogP contribution is -2.01. The number of hydrogen-bond acceptors (Lipinski definition) is 5. The fourth-order valence-corrected chi connectivity index (χ4v) is 6.12. The highest BCUT2D eigenvalue weighted by atomic mass is 79.9. The van der Waals surface area contributed by atoms with E-state index < -0.39 is 0 Å². The third-order valence-electron chi connectivity index (χ3n) is 7.67. The summed E-state index contributed by atoms with van der Waals surface area (Å²) in [6.45, 7) is 0. The standard InChI is InChI=1S/C37H23BrN6/c38-29-19-28(20-30(21-29)44-33-11-3-1-9-31(33)32-10-2-4-12-34(32)44)37-42-35(41-36(43-37)27-8-6-18-40-23-27)25-15-13-24(14-16-25)26-7-5-17-39-22-26/h1-23H. The minimum Gasteiger partial charge on any atom is -0.309 e. The van der Waals surface area contributed by atoms with Crippen LogP contribution < -0.4 is 0 Å². The third-order valence-corrected chi connectivity index (χ3v) is 8.13. The molecule has 0 fully saturated rings. The normalized spacial score (nSPS) is 11.3. The molecule has 0 aliphatic carbocycles. The molecule has 7 heteroatoms. The predicted octanol–water partition coefficient (Wildman–Crippen LogP) is 9.19. The molecule has 0 saturated heterocycles. The van der Waals surface area contributed by atoms with Crippen LogP contribution in [-0.4, -0.2) is 29.5 Å². The van der Waals surface area contributed by atoms with E-state index in [4.69, 9.17) is 15.0 Å². The van der Waals surface area contributed by atoms with Gasteiger partial charge in [-0.05, 0) is 59.7 Å². The first-order valence-corrected chi connectivity index (χ1v) is 15.0. The number of hydrogen-bond donors (Lipinski definition) is 0. The Balaban J connectivity index is 1.30. The SMILES string of the molecule is Brc1cc(-c2nc(-c3ccc(-c4cccnc4)cc3)nc(-c3cccnc3)n2)cc(-n2c3ccccc3c3ccccc32)c1. The van der Waals surface area contributed by atoms with Gasteiger partial charge in [-0.1, -0.05) is 82.7 Å². The van der Waals surface area contributed by atoms with Crippen LogP contribution in [0, 0.1) is 0 Å². The fraction of sp³-hybridized carbons (Fsp3) is 0. The molecule has 0 spiro atoms. The van der Waals surface area contributed by atoms with Crippen molar-refractivity contribution in [2.75, 3.05) is 0 Å². The van der Waals surface area contributed by atoms with E-state index >= 15 is 0 Å². The Morgan fingerprint density at radius 1 is 0.455 bits per heavy atom. The topological polar surface area (TPSA) is 69.4 Å². The van der Waals surface area contributed by atoms with Gasteiger partial charge in [-0.2, -0.15) is 0 Å². The molecule has 0 N–H and O–H groups in total. The van der Waals surface area contributed by atoms with Crippen molar-refractivity contribution < 1.29 is 0 Å². The van der Waals surface area contributed by atoms with Crippen molar-refractivity contribution in [1.29, 1.82) is 0 Å². The van der Waals surface area contributed by atoms with Crippen LogP contribution in [0.4, 0.5) is 0 Å². The second-order valence-corrected chi connectivity index (χ2v) is 11.4. The van der Waals surface area contributed by atoms with Gasteiger partial charge in [-0.15, -0.1) is 0 Å². The Hall–Kier alpha value is -5.53. The monoisotopic (exact) mass is 630 g/mol. The van der Waals surface area contributed by atoms with Gasteiger partial charge < -0.3 is 4.57 Å². The molecular formula is C37H23BrN6. The van der Waals surface area contributed by atoms with Crippen LogP contribution in [0.2, 0.25) is 0 Å². The molecule has 4 heterocycles. The number of pyridine rings is 2. The van der Waals surface area contributed by atoms with Gasteiger partial charge in [0.1, 0.15) is 0 Å². The Kier molecular flexibility index (Phi) is 6.50. The van der Waals surface area contributed by atoms with E-state index in [2.05, 4.69) is 109 Å². The summed E-state index contributed by atoms with van der Waals surface area (Å²) in [5, 5.41) is 2.42. The molecule has 8 aromatic rings. The van der Waals surface area contributed by atoms with Gasteiger partial charge in [0.2, 0.25) is 0 Å². The minimum atomic E-state index is 0.563. The second kappa shape index (κ2) is 10.9. The lowest BCUT2D eigenvalue weighted by Gasteiger charge is -2.12. The number of halogens is 1. The molecule has 4 aromatic heterocycles. The molecule has 6 nitrogen and oxygen atoms in total. The van der Waals surface area contributed by atoms with E-state index in [0.29, 0.717) is 17.5 Å². The fourth-order valence-electron chi connectivity index (χ4n) is 5.64. The van der Waals surface area contributed by atoms with Crippen molar-refractivity contribution in [3.63, 3.8) is 0 Å². The number of para-hydroxylation sites is 2. The summed E-state index contributed by atoms with van der Waals surface area (Å²) in [5.41, 5.74) is 8.00. The molecule has 0 aliphatic heterocycles. The molecular weight excluding hydrogens is 608 g/mol. The van der Waals surface area contributed by atoms with Crippen LogP contribution in [0.5, 0.6) is 0 Å². The molecule has 0 bridgehead atoms. The first-order chi connectivity index (χ1) is 21.7. The van der Waals surface area contributed by atoms with E-state index in [0.717, 1.165) is 49.0 Å². The zero-order valence-electron chi connectivity index (χ0n) is 23.3. The van der Waals surface area contributed by atoms with Crippen LogP contribution in [0.3, 0.4) is 0 Å². The number of fused-ring (bicyclic) bond motifs is 3. The molecule has 0 saturated carbocycles. The summed E-state index contributed by atoms with van der Waals surface area (Å²) in [5.74, 6) is 1.73. The summed E-state index contributed by atoms with van der Waals surface area (Å²) in [6, 6.07) is 39.4. The summed E-state index contributed by atoms with van der Waals surface area (Å²) in [4.78, 5) is 23.4. The predicted molar refractivity (Wildman–Crippen MR) is 179 cm³/mol.